The summed E-state index contributed by atoms with van der Waals surface area (Å²) in [5, 5.41) is 15.9. The molecular weight excluding hydrogens is 262 g/mol. The lowest BCUT2D eigenvalue weighted by Gasteiger charge is -2.41. The summed E-state index contributed by atoms with van der Waals surface area (Å²) < 4.78 is 1.69. The van der Waals surface area contributed by atoms with Gasteiger partial charge >= 0.3 is 0 Å². The minimum Gasteiger partial charge on any atom is -0.389 e. The molecule has 0 aliphatic carbocycles. The van der Waals surface area contributed by atoms with Crippen LogP contribution in [0.5, 0.6) is 0 Å². The van der Waals surface area contributed by atoms with Gasteiger partial charge in [0.1, 0.15) is 5.15 Å². The van der Waals surface area contributed by atoms with E-state index in [2.05, 4.69) is 10.00 Å². The van der Waals surface area contributed by atoms with Gasteiger partial charge in [0, 0.05) is 31.6 Å². The molecule has 3 rings (SSSR count). The molecule has 0 spiro atoms. The van der Waals surface area contributed by atoms with Crippen LogP contribution in [0.25, 0.3) is 0 Å². The molecule has 0 aromatic carbocycles. The van der Waals surface area contributed by atoms with Crippen LogP contribution in [0.4, 0.5) is 0 Å². The fraction of sp³-hybridized carbons (Fsp3) is 0.786. The van der Waals surface area contributed by atoms with Gasteiger partial charge in [-0.05, 0) is 39.2 Å². The first-order valence-corrected chi connectivity index (χ1v) is 7.51. The van der Waals surface area contributed by atoms with Crippen molar-refractivity contribution < 1.29 is 5.11 Å². The van der Waals surface area contributed by atoms with E-state index in [1.54, 1.807) is 4.68 Å². The lowest BCUT2D eigenvalue weighted by Crippen LogP contribution is -2.48. The zero-order valence-corrected chi connectivity index (χ0v) is 12.4. The van der Waals surface area contributed by atoms with Crippen LogP contribution in [0.15, 0.2) is 0 Å². The van der Waals surface area contributed by atoms with E-state index in [9.17, 15) is 5.11 Å². The summed E-state index contributed by atoms with van der Waals surface area (Å²) in [5.41, 5.74) is 1.34. The van der Waals surface area contributed by atoms with Crippen LogP contribution in [0.1, 0.15) is 36.9 Å². The fourth-order valence-corrected chi connectivity index (χ4v) is 3.92. The van der Waals surface area contributed by atoms with Crippen LogP contribution >= 0.6 is 11.6 Å². The Morgan fingerprint density at radius 1 is 1.47 bits per heavy atom. The monoisotopic (exact) mass is 283 g/mol. The summed E-state index contributed by atoms with van der Waals surface area (Å²) in [6.45, 7) is 4.18. The molecule has 106 valence electrons. The number of aryl methyl sites for hydroxylation is 2. The van der Waals surface area contributed by atoms with E-state index < -0.39 is 5.60 Å². The highest BCUT2D eigenvalue weighted by molar-refractivity contribution is 6.30. The van der Waals surface area contributed by atoms with E-state index >= 15 is 0 Å². The third-order valence-corrected chi connectivity index (χ3v) is 5.23. The molecule has 5 heteroatoms. The van der Waals surface area contributed by atoms with Crippen molar-refractivity contribution in [3.8, 4) is 0 Å². The lowest BCUT2D eigenvalue weighted by atomic mass is 9.82. The molecule has 1 N–H and O–H groups in total. The van der Waals surface area contributed by atoms with Crippen molar-refractivity contribution in [3.05, 3.63) is 16.4 Å². The first kappa shape index (κ1) is 13.4. The molecule has 1 aromatic heterocycles. The predicted molar refractivity (Wildman–Crippen MR) is 75.4 cm³/mol. The lowest BCUT2D eigenvalue weighted by molar-refractivity contribution is -0.0354. The number of rotatable bonds is 2. The Labute approximate surface area is 119 Å². The number of fused-ring (bicyclic) bond motifs is 1. The third-order valence-electron chi connectivity index (χ3n) is 4.75. The maximum atomic E-state index is 10.9. The zero-order chi connectivity index (χ0) is 13.6. The smallest absolute Gasteiger partial charge is 0.130 e. The van der Waals surface area contributed by atoms with Crippen molar-refractivity contribution in [1.82, 2.24) is 14.7 Å². The molecule has 2 aliphatic rings. The third kappa shape index (κ3) is 2.41. The van der Waals surface area contributed by atoms with Crippen LogP contribution < -0.4 is 0 Å². The van der Waals surface area contributed by atoms with Gasteiger partial charge in [0.05, 0.1) is 11.3 Å². The maximum Gasteiger partial charge on any atom is 0.130 e. The molecule has 0 bridgehead atoms. The number of halogens is 1. The summed E-state index contributed by atoms with van der Waals surface area (Å²) in [7, 11) is 1.85. The second-order valence-electron chi connectivity index (χ2n) is 6.17. The molecule has 2 atom stereocenters. The van der Waals surface area contributed by atoms with Gasteiger partial charge in [0.15, 0.2) is 0 Å². The van der Waals surface area contributed by atoms with Gasteiger partial charge in [-0.3, -0.25) is 4.68 Å². The molecule has 2 fully saturated rings. The van der Waals surface area contributed by atoms with Crippen molar-refractivity contribution in [3.63, 3.8) is 0 Å². The van der Waals surface area contributed by atoms with Crippen molar-refractivity contribution in [1.29, 1.82) is 0 Å². The minimum atomic E-state index is -0.608. The number of hydrogen-bond acceptors (Lipinski definition) is 3. The van der Waals surface area contributed by atoms with Gasteiger partial charge in [-0.25, -0.2) is 0 Å². The first-order valence-electron chi connectivity index (χ1n) is 7.13. The molecule has 4 nitrogen and oxygen atoms in total. The SMILES string of the molecule is Cc1nn(C)c(Cl)c1CC1(O)CCN2CCCC2C1. The average Bonchev–Trinajstić information content (AvgIpc) is 2.89. The van der Waals surface area contributed by atoms with Gasteiger partial charge < -0.3 is 10.0 Å². The molecule has 0 saturated carbocycles. The minimum absolute atomic E-state index is 0.564. The first-order chi connectivity index (χ1) is 8.98. The van der Waals surface area contributed by atoms with E-state index in [1.807, 2.05) is 14.0 Å². The fourth-order valence-electron chi connectivity index (χ4n) is 3.68. The van der Waals surface area contributed by atoms with Crippen LogP contribution in [-0.2, 0) is 13.5 Å². The number of hydrogen-bond donors (Lipinski definition) is 1. The Bertz CT molecular complexity index is 487. The number of piperidine rings is 1. The summed E-state index contributed by atoms with van der Waals surface area (Å²) in [5.74, 6) is 0. The second-order valence-corrected chi connectivity index (χ2v) is 6.52. The molecule has 2 aliphatic heterocycles. The molecule has 0 radical (unpaired) electrons. The van der Waals surface area contributed by atoms with Gasteiger partial charge in [-0.15, -0.1) is 0 Å². The van der Waals surface area contributed by atoms with Gasteiger partial charge in [0.25, 0.3) is 0 Å². The Hall–Kier alpha value is -0.580. The van der Waals surface area contributed by atoms with Crippen LogP contribution in [-0.4, -0.2) is 44.5 Å². The Morgan fingerprint density at radius 2 is 2.26 bits per heavy atom. The number of nitrogens with zero attached hydrogens (tertiary/aromatic N) is 3. The number of aliphatic hydroxyl groups is 1. The molecule has 2 saturated heterocycles. The summed E-state index contributed by atoms with van der Waals surface area (Å²) in [4.78, 5) is 2.52. The topological polar surface area (TPSA) is 41.3 Å². The van der Waals surface area contributed by atoms with E-state index in [0.29, 0.717) is 17.6 Å². The van der Waals surface area contributed by atoms with Gasteiger partial charge in [-0.1, -0.05) is 11.6 Å². The highest BCUT2D eigenvalue weighted by Crippen LogP contribution is 2.36. The molecule has 1 aromatic rings. The van der Waals surface area contributed by atoms with Crippen molar-refractivity contribution in [2.45, 2.75) is 50.7 Å². The number of aromatic nitrogens is 2. The Balaban J connectivity index is 1.78. The largest absolute Gasteiger partial charge is 0.389 e. The maximum absolute atomic E-state index is 10.9. The molecule has 3 heterocycles. The standard InChI is InChI=1S/C14H22ClN3O/c1-10-12(13(15)17(2)16-10)9-14(19)5-7-18-6-3-4-11(18)8-14/h11,19H,3-9H2,1-2H3. The van der Waals surface area contributed by atoms with E-state index in [0.717, 1.165) is 30.6 Å². The van der Waals surface area contributed by atoms with E-state index in [-0.39, 0.29) is 0 Å². The van der Waals surface area contributed by atoms with Crippen LogP contribution in [0.2, 0.25) is 5.15 Å². The van der Waals surface area contributed by atoms with E-state index in [1.165, 1.54) is 19.4 Å². The van der Waals surface area contributed by atoms with Crippen LogP contribution in [0, 0.1) is 6.92 Å². The molecule has 19 heavy (non-hydrogen) atoms. The highest BCUT2D eigenvalue weighted by atomic mass is 35.5. The van der Waals surface area contributed by atoms with Crippen LogP contribution in [0.3, 0.4) is 0 Å². The van der Waals surface area contributed by atoms with Crippen molar-refractivity contribution in [2.24, 2.45) is 7.05 Å². The molecule has 0 amide bonds. The Morgan fingerprint density at radius 3 is 2.95 bits per heavy atom. The second kappa shape index (κ2) is 4.76. The van der Waals surface area contributed by atoms with Gasteiger partial charge in [0.2, 0.25) is 0 Å². The zero-order valence-electron chi connectivity index (χ0n) is 11.7. The Kier molecular flexibility index (Phi) is 3.36. The van der Waals surface area contributed by atoms with E-state index in [4.69, 9.17) is 11.6 Å². The summed E-state index contributed by atoms with van der Waals surface area (Å²) in [6.07, 6.45) is 4.84. The molecular formula is C14H22ClN3O. The van der Waals surface area contributed by atoms with Gasteiger partial charge in [-0.2, -0.15) is 5.10 Å². The van der Waals surface area contributed by atoms with Crippen molar-refractivity contribution >= 4 is 11.6 Å². The summed E-state index contributed by atoms with van der Waals surface area (Å²) in [6, 6.07) is 0.564. The molecule has 2 unspecified atom stereocenters. The quantitative estimate of drug-likeness (QED) is 0.901. The van der Waals surface area contributed by atoms with Crippen molar-refractivity contribution in [2.75, 3.05) is 13.1 Å². The summed E-state index contributed by atoms with van der Waals surface area (Å²) >= 11 is 6.29. The highest BCUT2D eigenvalue weighted by Gasteiger charge is 2.41. The predicted octanol–water partition coefficient (Wildman–Crippen LogP) is 1.91. The average molecular weight is 284 g/mol. The normalized spacial score (nSPS) is 31.7.